The van der Waals surface area contributed by atoms with Crippen LogP contribution in [0, 0.1) is 0 Å². The van der Waals surface area contributed by atoms with Crippen LogP contribution >= 0.6 is 34.8 Å². The Balaban J connectivity index is 1.61. The predicted molar refractivity (Wildman–Crippen MR) is 113 cm³/mol. The van der Waals surface area contributed by atoms with Gasteiger partial charge in [0.05, 0.1) is 11.8 Å². The first-order valence-corrected chi connectivity index (χ1v) is 10.1. The Kier molecular flexibility index (Phi) is 4.47. The van der Waals surface area contributed by atoms with Crippen molar-refractivity contribution >= 4 is 40.5 Å². The van der Waals surface area contributed by atoms with Gasteiger partial charge in [-0.15, -0.1) is 0 Å². The minimum absolute atomic E-state index is 0.0390. The molecule has 0 fully saturated rings. The van der Waals surface area contributed by atoms with Gasteiger partial charge in [-0.25, -0.2) is 5.01 Å². The number of hydrogen-bond acceptors (Lipinski definition) is 3. The summed E-state index contributed by atoms with van der Waals surface area (Å²) in [6.45, 7) is 0. The largest absolute Gasteiger partial charge is 0.464 e. The van der Waals surface area contributed by atoms with E-state index in [1.807, 2.05) is 71.7 Å². The lowest BCUT2D eigenvalue weighted by Crippen LogP contribution is -2.33. The average Bonchev–Trinajstić information content (AvgIpc) is 3.14. The summed E-state index contributed by atoms with van der Waals surface area (Å²) in [5.41, 5.74) is 4.04. The van der Waals surface area contributed by atoms with E-state index in [0.29, 0.717) is 15.1 Å². The summed E-state index contributed by atoms with van der Waals surface area (Å²) in [5, 5.41) is 8.99. The molecule has 0 amide bonds. The van der Waals surface area contributed by atoms with Gasteiger partial charge in [-0.3, -0.25) is 0 Å². The number of ether oxygens (including phenoxy) is 1. The summed E-state index contributed by atoms with van der Waals surface area (Å²) in [6.07, 6.45) is 0.400. The fraction of sp³-hybridized carbons (Fsp3) is 0.136. The Bertz CT molecular complexity index is 1080. The third-order valence-electron chi connectivity index (χ3n) is 5.06. The molecule has 3 aromatic carbocycles. The molecule has 3 aromatic rings. The molecule has 2 aliphatic heterocycles. The molecule has 0 saturated carbocycles. The molecule has 0 bridgehead atoms. The molecule has 6 heteroatoms. The molecule has 0 aromatic heterocycles. The second-order valence-corrected chi connectivity index (χ2v) is 8.17. The summed E-state index contributed by atoms with van der Waals surface area (Å²) in [4.78, 5) is 0. The molecule has 0 unspecified atom stereocenters. The summed E-state index contributed by atoms with van der Waals surface area (Å²) < 4.78 is 6.33. The van der Waals surface area contributed by atoms with Crippen molar-refractivity contribution < 1.29 is 4.74 Å². The number of nitrogens with zero attached hydrogens (tertiary/aromatic N) is 2. The second kappa shape index (κ2) is 7.00. The van der Waals surface area contributed by atoms with Crippen molar-refractivity contribution in [1.29, 1.82) is 0 Å². The average molecular weight is 430 g/mol. The fourth-order valence-electron chi connectivity index (χ4n) is 3.76. The van der Waals surface area contributed by atoms with Gasteiger partial charge in [-0.05, 0) is 48.0 Å². The van der Waals surface area contributed by atoms with Crippen LogP contribution in [0.1, 0.15) is 35.4 Å². The molecule has 2 aliphatic rings. The molecule has 0 radical (unpaired) electrons. The van der Waals surface area contributed by atoms with E-state index < -0.39 is 0 Å². The van der Waals surface area contributed by atoms with E-state index in [4.69, 9.17) is 44.6 Å². The van der Waals surface area contributed by atoms with Crippen molar-refractivity contribution in [2.24, 2.45) is 5.10 Å². The maximum atomic E-state index is 6.33. The van der Waals surface area contributed by atoms with Crippen molar-refractivity contribution in [2.45, 2.75) is 18.7 Å². The number of halogens is 3. The van der Waals surface area contributed by atoms with Crippen molar-refractivity contribution in [2.75, 3.05) is 0 Å². The van der Waals surface area contributed by atoms with Crippen molar-refractivity contribution in [3.8, 4) is 5.75 Å². The van der Waals surface area contributed by atoms with Crippen LogP contribution in [0.5, 0.6) is 5.75 Å². The second-order valence-electron chi connectivity index (χ2n) is 6.86. The number of benzene rings is 3. The van der Waals surface area contributed by atoms with E-state index in [0.717, 1.165) is 34.6 Å². The zero-order chi connectivity index (χ0) is 19.3. The maximum absolute atomic E-state index is 6.33. The first-order valence-electron chi connectivity index (χ1n) is 8.92. The Labute approximate surface area is 178 Å². The molecule has 0 saturated heterocycles. The van der Waals surface area contributed by atoms with Gasteiger partial charge in [0.25, 0.3) is 0 Å². The molecular weight excluding hydrogens is 415 g/mol. The molecule has 5 rings (SSSR count). The van der Waals surface area contributed by atoms with Gasteiger partial charge in [-0.1, -0.05) is 59.1 Å². The minimum atomic E-state index is -0.359. The Morgan fingerprint density at radius 3 is 2.39 bits per heavy atom. The summed E-state index contributed by atoms with van der Waals surface area (Å²) in [5.74, 6) is 0.822. The summed E-state index contributed by atoms with van der Waals surface area (Å²) in [6, 6.07) is 21.2. The molecule has 2 heterocycles. The van der Waals surface area contributed by atoms with Crippen LogP contribution in [-0.2, 0) is 0 Å². The molecule has 140 valence electrons. The normalized spacial score (nSPS) is 20.2. The van der Waals surface area contributed by atoms with E-state index in [1.54, 1.807) is 0 Å². The minimum Gasteiger partial charge on any atom is -0.464 e. The number of rotatable bonds is 2. The third kappa shape index (κ3) is 3.14. The molecule has 28 heavy (non-hydrogen) atoms. The standard InChI is InChI=1S/C22H15Cl3N2O/c23-15-6-4-13(5-7-15)19-12-20-18-11-17(25)8-9-21(18)28-22(27(20)26-19)14-2-1-3-16(24)10-14/h1-11,20,22H,12H2/t20-,22-/m1/s1. The maximum Gasteiger partial charge on any atom is 0.213 e. The van der Waals surface area contributed by atoms with E-state index in [1.165, 1.54) is 0 Å². The van der Waals surface area contributed by atoms with E-state index >= 15 is 0 Å². The highest BCUT2D eigenvalue weighted by Crippen LogP contribution is 2.48. The van der Waals surface area contributed by atoms with Crippen molar-refractivity contribution in [3.05, 3.63) is 98.5 Å². The van der Waals surface area contributed by atoms with Crippen LogP contribution in [0.15, 0.2) is 71.8 Å². The van der Waals surface area contributed by atoms with Gasteiger partial charge in [0.2, 0.25) is 6.23 Å². The Hall–Kier alpha value is -2.20. The monoisotopic (exact) mass is 428 g/mol. The quantitative estimate of drug-likeness (QED) is 0.443. The van der Waals surface area contributed by atoms with Gasteiger partial charge < -0.3 is 4.74 Å². The number of hydrazone groups is 1. The molecular formula is C22H15Cl3N2O. The smallest absolute Gasteiger partial charge is 0.213 e. The van der Waals surface area contributed by atoms with Gasteiger partial charge in [-0.2, -0.15) is 5.10 Å². The van der Waals surface area contributed by atoms with Crippen LogP contribution in [0.3, 0.4) is 0 Å². The Morgan fingerprint density at radius 2 is 1.61 bits per heavy atom. The number of hydrogen-bond donors (Lipinski definition) is 0. The topological polar surface area (TPSA) is 24.8 Å². The van der Waals surface area contributed by atoms with Gasteiger partial charge >= 0.3 is 0 Å². The molecule has 0 spiro atoms. The first kappa shape index (κ1) is 17.9. The lowest BCUT2D eigenvalue weighted by atomic mass is 9.96. The lowest BCUT2D eigenvalue weighted by molar-refractivity contribution is -0.0190. The zero-order valence-corrected chi connectivity index (χ0v) is 16.9. The van der Waals surface area contributed by atoms with E-state index in [-0.39, 0.29) is 12.3 Å². The summed E-state index contributed by atoms with van der Waals surface area (Å²) in [7, 11) is 0. The molecule has 3 nitrogen and oxygen atoms in total. The van der Waals surface area contributed by atoms with Crippen LogP contribution in [0.25, 0.3) is 0 Å². The van der Waals surface area contributed by atoms with Crippen LogP contribution in [0.2, 0.25) is 15.1 Å². The van der Waals surface area contributed by atoms with E-state index in [9.17, 15) is 0 Å². The highest BCUT2D eigenvalue weighted by atomic mass is 35.5. The third-order valence-corrected chi connectivity index (χ3v) is 5.79. The molecule has 0 N–H and O–H groups in total. The SMILES string of the molecule is Clc1ccc(C2=NN3[C@H](C2)c2cc(Cl)ccc2O[C@@H]3c2cccc(Cl)c2)cc1. The summed E-state index contributed by atoms with van der Waals surface area (Å²) >= 11 is 18.5. The Morgan fingerprint density at radius 1 is 0.857 bits per heavy atom. The van der Waals surface area contributed by atoms with Crippen LogP contribution < -0.4 is 4.74 Å². The highest BCUT2D eigenvalue weighted by Gasteiger charge is 2.41. The zero-order valence-electron chi connectivity index (χ0n) is 14.6. The number of fused-ring (bicyclic) bond motifs is 3. The van der Waals surface area contributed by atoms with Gasteiger partial charge in [0.1, 0.15) is 5.75 Å². The van der Waals surface area contributed by atoms with Crippen LogP contribution in [0.4, 0.5) is 0 Å². The highest BCUT2D eigenvalue weighted by molar-refractivity contribution is 6.31. The lowest BCUT2D eigenvalue weighted by Gasteiger charge is -2.38. The molecule has 2 atom stereocenters. The van der Waals surface area contributed by atoms with Gasteiger partial charge in [0, 0.05) is 32.6 Å². The van der Waals surface area contributed by atoms with E-state index in [2.05, 4.69) is 0 Å². The van der Waals surface area contributed by atoms with Gasteiger partial charge in [0.15, 0.2) is 0 Å². The fourth-order valence-corrected chi connectivity index (χ4v) is 4.26. The van der Waals surface area contributed by atoms with Crippen molar-refractivity contribution in [3.63, 3.8) is 0 Å². The van der Waals surface area contributed by atoms with Crippen LogP contribution in [-0.4, -0.2) is 10.7 Å². The predicted octanol–water partition coefficient (Wildman–Crippen LogP) is 6.89. The molecule has 0 aliphatic carbocycles. The van der Waals surface area contributed by atoms with Crippen molar-refractivity contribution in [1.82, 2.24) is 5.01 Å². The first-order chi connectivity index (χ1) is 13.6.